The second-order valence-corrected chi connectivity index (χ2v) is 6.33. The molecule has 0 fully saturated rings. The zero-order valence-electron chi connectivity index (χ0n) is 13.2. The average molecular weight is 381 g/mol. The van der Waals surface area contributed by atoms with Gasteiger partial charge in [0.15, 0.2) is 0 Å². The van der Waals surface area contributed by atoms with E-state index < -0.39 is 0 Å². The van der Waals surface area contributed by atoms with Gasteiger partial charge in [0, 0.05) is 10.2 Å². The molecule has 0 spiro atoms. The van der Waals surface area contributed by atoms with Crippen LogP contribution in [0.1, 0.15) is 15.9 Å². The molecule has 0 bridgehead atoms. The summed E-state index contributed by atoms with van der Waals surface area (Å²) in [4.78, 5) is 12.7. The smallest absolute Gasteiger partial charge is 0.257 e. The first-order valence-electron chi connectivity index (χ1n) is 7.62. The fourth-order valence-corrected chi connectivity index (χ4v) is 2.97. The van der Waals surface area contributed by atoms with E-state index in [9.17, 15) is 4.79 Å². The van der Waals surface area contributed by atoms with Crippen LogP contribution in [-0.2, 0) is 0 Å². The van der Waals surface area contributed by atoms with E-state index in [0.29, 0.717) is 5.56 Å². The van der Waals surface area contributed by atoms with Crippen molar-refractivity contribution in [3.05, 3.63) is 88.4 Å². The van der Waals surface area contributed by atoms with Gasteiger partial charge in [0.1, 0.15) is 0 Å². The molecule has 3 aromatic rings. The third-order valence-electron chi connectivity index (χ3n) is 3.60. The number of amides is 1. The largest absolute Gasteiger partial charge is 0.355 e. The number of halogens is 1. The molecule has 0 saturated heterocycles. The highest BCUT2D eigenvalue weighted by atomic mass is 79.9. The molecule has 0 aromatic heterocycles. The Labute approximate surface area is 149 Å². The maximum atomic E-state index is 12.7. The van der Waals surface area contributed by atoms with Crippen LogP contribution in [0.3, 0.4) is 0 Å². The number of nitrogens with one attached hydrogen (secondary N) is 2. The summed E-state index contributed by atoms with van der Waals surface area (Å²) >= 11 is 3.49. The monoisotopic (exact) mass is 380 g/mol. The van der Waals surface area contributed by atoms with Gasteiger partial charge >= 0.3 is 0 Å². The van der Waals surface area contributed by atoms with E-state index in [1.165, 1.54) is 0 Å². The zero-order chi connectivity index (χ0) is 16.9. The summed E-state index contributed by atoms with van der Waals surface area (Å²) < 4.78 is 0.865. The molecular formula is C20H17BrN2O. The summed E-state index contributed by atoms with van der Waals surface area (Å²) in [6.07, 6.45) is 0. The van der Waals surface area contributed by atoms with Crippen molar-refractivity contribution in [2.45, 2.75) is 6.92 Å². The van der Waals surface area contributed by atoms with Crippen molar-refractivity contribution in [3.63, 3.8) is 0 Å². The predicted octanol–water partition coefficient (Wildman–Crippen LogP) is 5.75. The minimum atomic E-state index is -0.154. The molecule has 0 aliphatic rings. The number of hydrogen-bond acceptors (Lipinski definition) is 2. The number of anilines is 3. The number of para-hydroxylation sites is 2. The summed E-state index contributed by atoms with van der Waals surface area (Å²) in [7, 11) is 0. The van der Waals surface area contributed by atoms with Gasteiger partial charge in [0.25, 0.3) is 5.91 Å². The van der Waals surface area contributed by atoms with Crippen LogP contribution in [0.2, 0.25) is 0 Å². The normalized spacial score (nSPS) is 10.2. The van der Waals surface area contributed by atoms with E-state index in [1.807, 2.05) is 79.7 Å². The predicted molar refractivity (Wildman–Crippen MR) is 103 cm³/mol. The van der Waals surface area contributed by atoms with E-state index in [1.54, 1.807) is 0 Å². The molecule has 3 nitrogen and oxygen atoms in total. The molecule has 1 amide bonds. The Kier molecular flexibility index (Phi) is 4.96. The highest BCUT2D eigenvalue weighted by molar-refractivity contribution is 9.10. The molecule has 120 valence electrons. The standard InChI is InChI=1S/C20H17BrN2O/c1-14-11-12-19(17(21)13-14)23-20(24)16-9-5-6-10-18(16)22-15-7-3-2-4-8-15/h2-13,22H,1H3,(H,23,24). The molecule has 2 N–H and O–H groups in total. The van der Waals surface area contributed by atoms with Crippen LogP contribution >= 0.6 is 15.9 Å². The van der Waals surface area contributed by atoms with Crippen molar-refractivity contribution in [2.75, 3.05) is 10.6 Å². The molecule has 4 heteroatoms. The first-order chi connectivity index (χ1) is 11.6. The maximum absolute atomic E-state index is 12.7. The number of carbonyl (C=O) groups is 1. The highest BCUT2D eigenvalue weighted by Crippen LogP contribution is 2.26. The van der Waals surface area contributed by atoms with E-state index in [-0.39, 0.29) is 5.91 Å². The summed E-state index contributed by atoms with van der Waals surface area (Å²) in [6, 6.07) is 23.1. The minimum Gasteiger partial charge on any atom is -0.355 e. The second kappa shape index (κ2) is 7.32. The quantitative estimate of drug-likeness (QED) is 0.604. The lowest BCUT2D eigenvalue weighted by molar-refractivity contribution is 0.102. The van der Waals surface area contributed by atoms with Gasteiger partial charge in [0.05, 0.1) is 16.9 Å². The number of aryl methyl sites for hydroxylation is 1. The Bertz CT molecular complexity index is 863. The molecule has 0 unspecified atom stereocenters. The van der Waals surface area contributed by atoms with Gasteiger partial charge in [-0.05, 0) is 64.8 Å². The lowest BCUT2D eigenvalue weighted by Gasteiger charge is -2.13. The molecule has 3 aromatic carbocycles. The van der Waals surface area contributed by atoms with Gasteiger partial charge in [-0.25, -0.2) is 0 Å². The van der Waals surface area contributed by atoms with Crippen LogP contribution in [0.4, 0.5) is 17.1 Å². The SMILES string of the molecule is Cc1ccc(NC(=O)c2ccccc2Nc2ccccc2)c(Br)c1. The summed E-state index contributed by atoms with van der Waals surface area (Å²) in [5, 5.41) is 6.24. The van der Waals surface area contributed by atoms with Crippen LogP contribution in [0.5, 0.6) is 0 Å². The topological polar surface area (TPSA) is 41.1 Å². The van der Waals surface area contributed by atoms with Crippen molar-refractivity contribution in [1.82, 2.24) is 0 Å². The minimum absolute atomic E-state index is 0.154. The van der Waals surface area contributed by atoms with Gasteiger partial charge in [-0.3, -0.25) is 4.79 Å². The lowest BCUT2D eigenvalue weighted by atomic mass is 10.1. The molecular weight excluding hydrogens is 364 g/mol. The highest BCUT2D eigenvalue weighted by Gasteiger charge is 2.12. The van der Waals surface area contributed by atoms with E-state index in [2.05, 4.69) is 26.6 Å². The van der Waals surface area contributed by atoms with Crippen molar-refractivity contribution >= 4 is 38.9 Å². The Morgan fingerprint density at radius 2 is 1.58 bits per heavy atom. The summed E-state index contributed by atoms with van der Waals surface area (Å²) in [5.41, 5.74) is 4.18. The van der Waals surface area contributed by atoms with E-state index >= 15 is 0 Å². The first-order valence-corrected chi connectivity index (χ1v) is 8.41. The molecule has 0 radical (unpaired) electrons. The van der Waals surface area contributed by atoms with Crippen LogP contribution < -0.4 is 10.6 Å². The Hall–Kier alpha value is -2.59. The van der Waals surface area contributed by atoms with E-state index in [4.69, 9.17) is 0 Å². The second-order valence-electron chi connectivity index (χ2n) is 5.47. The molecule has 3 rings (SSSR count). The van der Waals surface area contributed by atoms with Crippen molar-refractivity contribution in [1.29, 1.82) is 0 Å². The Balaban J connectivity index is 1.85. The van der Waals surface area contributed by atoms with Crippen molar-refractivity contribution in [2.24, 2.45) is 0 Å². The van der Waals surface area contributed by atoms with Gasteiger partial charge in [-0.1, -0.05) is 36.4 Å². The van der Waals surface area contributed by atoms with Crippen LogP contribution in [-0.4, -0.2) is 5.91 Å². The fourth-order valence-electron chi connectivity index (χ4n) is 2.38. The molecule has 0 saturated carbocycles. The molecule has 0 aliphatic carbocycles. The lowest BCUT2D eigenvalue weighted by Crippen LogP contribution is -2.14. The number of hydrogen-bond donors (Lipinski definition) is 2. The molecule has 0 aliphatic heterocycles. The number of carbonyl (C=O) groups excluding carboxylic acids is 1. The summed E-state index contributed by atoms with van der Waals surface area (Å²) in [5.74, 6) is -0.154. The first kappa shape index (κ1) is 16.3. The molecule has 24 heavy (non-hydrogen) atoms. The van der Waals surface area contributed by atoms with E-state index in [0.717, 1.165) is 27.1 Å². The zero-order valence-corrected chi connectivity index (χ0v) is 14.8. The van der Waals surface area contributed by atoms with Crippen LogP contribution in [0, 0.1) is 6.92 Å². The van der Waals surface area contributed by atoms with Gasteiger partial charge in [0.2, 0.25) is 0 Å². The van der Waals surface area contributed by atoms with Crippen LogP contribution in [0.15, 0.2) is 77.3 Å². The molecule has 0 heterocycles. The third-order valence-corrected chi connectivity index (χ3v) is 4.25. The van der Waals surface area contributed by atoms with Gasteiger partial charge < -0.3 is 10.6 Å². The average Bonchev–Trinajstić information content (AvgIpc) is 2.59. The van der Waals surface area contributed by atoms with Crippen LogP contribution in [0.25, 0.3) is 0 Å². The molecule has 0 atom stereocenters. The van der Waals surface area contributed by atoms with Crippen molar-refractivity contribution < 1.29 is 4.79 Å². The fraction of sp³-hybridized carbons (Fsp3) is 0.0500. The number of benzene rings is 3. The Morgan fingerprint density at radius 1 is 0.875 bits per heavy atom. The van der Waals surface area contributed by atoms with Crippen molar-refractivity contribution in [3.8, 4) is 0 Å². The summed E-state index contributed by atoms with van der Waals surface area (Å²) in [6.45, 7) is 2.01. The van der Waals surface area contributed by atoms with Gasteiger partial charge in [-0.15, -0.1) is 0 Å². The third kappa shape index (κ3) is 3.84. The Morgan fingerprint density at radius 3 is 2.33 bits per heavy atom. The maximum Gasteiger partial charge on any atom is 0.257 e. The van der Waals surface area contributed by atoms with Gasteiger partial charge in [-0.2, -0.15) is 0 Å². The number of rotatable bonds is 4.